The van der Waals surface area contributed by atoms with E-state index in [1.165, 1.54) is 12.3 Å². The molecule has 0 saturated carbocycles. The van der Waals surface area contributed by atoms with Gasteiger partial charge in [0.05, 0.1) is 17.1 Å². The molecule has 2 aromatic heterocycles. The Bertz CT molecular complexity index is 454. The van der Waals surface area contributed by atoms with Crippen LogP contribution in [0, 0.1) is 0 Å². The van der Waals surface area contributed by atoms with E-state index < -0.39 is 6.80 Å². The van der Waals surface area contributed by atoms with Crippen LogP contribution < -0.4 is 0 Å². The lowest BCUT2D eigenvalue weighted by atomic mass is 10.3. The van der Waals surface area contributed by atoms with E-state index in [4.69, 9.17) is 23.2 Å². The first-order valence-corrected chi connectivity index (χ1v) is 4.21. The van der Waals surface area contributed by atoms with Gasteiger partial charge in [-0.25, -0.2) is 14.1 Å². The molecule has 0 aliphatic carbocycles. The van der Waals surface area contributed by atoms with Gasteiger partial charge in [0.1, 0.15) is 10.3 Å². The molecule has 13 heavy (non-hydrogen) atoms. The molecule has 0 N–H and O–H groups in total. The van der Waals surface area contributed by atoms with E-state index in [9.17, 15) is 4.39 Å². The molecule has 0 atom stereocenters. The fourth-order valence-electron chi connectivity index (χ4n) is 1.10. The third-order valence-electron chi connectivity index (χ3n) is 1.68. The van der Waals surface area contributed by atoms with Crippen molar-refractivity contribution in [1.82, 2.24) is 14.8 Å². The van der Waals surface area contributed by atoms with Gasteiger partial charge in [-0.2, -0.15) is 5.10 Å². The van der Waals surface area contributed by atoms with Gasteiger partial charge >= 0.3 is 0 Å². The first kappa shape index (κ1) is 8.72. The summed E-state index contributed by atoms with van der Waals surface area (Å²) in [6.07, 6.45) is 1.46. The van der Waals surface area contributed by atoms with Crippen LogP contribution in [0.5, 0.6) is 0 Å². The van der Waals surface area contributed by atoms with Crippen molar-refractivity contribution in [1.29, 1.82) is 0 Å². The summed E-state index contributed by atoms with van der Waals surface area (Å²) >= 11 is 11.4. The van der Waals surface area contributed by atoms with Gasteiger partial charge in [0.2, 0.25) is 0 Å². The number of fused-ring (bicyclic) bond motifs is 1. The number of rotatable bonds is 1. The molecule has 0 spiro atoms. The summed E-state index contributed by atoms with van der Waals surface area (Å²) in [7, 11) is 0. The van der Waals surface area contributed by atoms with Crippen LogP contribution in [0.15, 0.2) is 12.3 Å². The molecule has 0 radical (unpaired) electrons. The fraction of sp³-hybridized carbons (Fsp3) is 0.143. The molecule has 0 saturated heterocycles. The lowest BCUT2D eigenvalue weighted by Gasteiger charge is -1.97. The van der Waals surface area contributed by atoms with Crippen LogP contribution in [0.1, 0.15) is 0 Å². The minimum absolute atomic E-state index is 0.229. The zero-order valence-corrected chi connectivity index (χ0v) is 7.85. The number of pyridine rings is 1. The summed E-state index contributed by atoms with van der Waals surface area (Å²) in [4.78, 5) is 3.80. The Balaban J connectivity index is 2.82. The molecule has 0 fully saturated rings. The Morgan fingerprint density at radius 3 is 2.92 bits per heavy atom. The van der Waals surface area contributed by atoms with Crippen molar-refractivity contribution in [3.8, 4) is 0 Å². The maximum absolute atomic E-state index is 12.3. The first-order valence-electron chi connectivity index (χ1n) is 3.46. The van der Waals surface area contributed by atoms with Crippen molar-refractivity contribution in [2.45, 2.75) is 6.80 Å². The molecule has 0 aromatic carbocycles. The summed E-state index contributed by atoms with van der Waals surface area (Å²) in [5.74, 6) is 0. The number of alkyl halides is 1. The number of hydrogen-bond donors (Lipinski definition) is 0. The van der Waals surface area contributed by atoms with E-state index in [-0.39, 0.29) is 10.3 Å². The predicted molar refractivity (Wildman–Crippen MR) is 48.7 cm³/mol. The summed E-state index contributed by atoms with van der Waals surface area (Å²) in [6, 6.07) is 1.52. The molecule has 6 heteroatoms. The van der Waals surface area contributed by atoms with Crippen LogP contribution in [0.4, 0.5) is 4.39 Å². The third-order valence-corrected chi connectivity index (χ3v) is 2.16. The van der Waals surface area contributed by atoms with Crippen LogP contribution >= 0.6 is 23.2 Å². The molecule has 3 nitrogen and oxygen atoms in total. The molecule has 0 aliphatic rings. The lowest BCUT2D eigenvalue weighted by Crippen LogP contribution is -1.94. The monoisotopic (exact) mass is 219 g/mol. The molecule has 2 rings (SSSR count). The van der Waals surface area contributed by atoms with Crippen LogP contribution in [0.25, 0.3) is 10.9 Å². The Hall–Kier alpha value is -0.870. The van der Waals surface area contributed by atoms with Crippen LogP contribution in [0.3, 0.4) is 0 Å². The average Bonchev–Trinajstić information content (AvgIpc) is 2.47. The van der Waals surface area contributed by atoms with Crippen molar-refractivity contribution < 1.29 is 4.39 Å². The highest BCUT2D eigenvalue weighted by Crippen LogP contribution is 2.24. The quantitative estimate of drug-likeness (QED) is 0.691. The standard InChI is InChI=1S/C7H4Cl2FN3/c8-6-1-5-4(7(9)12-6)2-11-13(5)3-10/h1-2H,3H2. The molecule has 0 unspecified atom stereocenters. The summed E-state index contributed by atoms with van der Waals surface area (Å²) in [6.45, 7) is -0.708. The first-order chi connectivity index (χ1) is 6.22. The molecule has 68 valence electrons. The third kappa shape index (κ3) is 1.36. The molecule has 0 aliphatic heterocycles. The molecule has 2 heterocycles. The minimum atomic E-state index is -0.708. The number of hydrogen-bond acceptors (Lipinski definition) is 2. The van der Waals surface area contributed by atoms with Crippen LogP contribution in [-0.4, -0.2) is 14.8 Å². The normalized spacial score (nSPS) is 11.0. The van der Waals surface area contributed by atoms with Crippen molar-refractivity contribution >= 4 is 34.1 Å². The molecule has 0 amide bonds. The zero-order chi connectivity index (χ0) is 9.42. The van der Waals surface area contributed by atoms with Gasteiger partial charge in [0.15, 0.2) is 6.80 Å². The summed E-state index contributed by atoms with van der Waals surface area (Å²) in [5.41, 5.74) is 0.549. The van der Waals surface area contributed by atoms with Gasteiger partial charge in [0.25, 0.3) is 0 Å². The van der Waals surface area contributed by atoms with E-state index in [0.29, 0.717) is 10.9 Å². The number of nitrogens with zero attached hydrogens (tertiary/aromatic N) is 3. The zero-order valence-electron chi connectivity index (χ0n) is 6.34. The van der Waals surface area contributed by atoms with Crippen molar-refractivity contribution in [2.24, 2.45) is 0 Å². The van der Waals surface area contributed by atoms with Gasteiger partial charge in [-0.05, 0) is 0 Å². The average molecular weight is 220 g/mol. The van der Waals surface area contributed by atoms with Crippen molar-refractivity contribution in [3.05, 3.63) is 22.6 Å². The van der Waals surface area contributed by atoms with Crippen LogP contribution in [0.2, 0.25) is 10.3 Å². The molecular weight excluding hydrogens is 216 g/mol. The Labute approximate surface area is 83.1 Å². The second kappa shape index (κ2) is 3.12. The highest BCUT2D eigenvalue weighted by Gasteiger charge is 2.08. The molecule has 2 aromatic rings. The lowest BCUT2D eigenvalue weighted by molar-refractivity contribution is 0.358. The smallest absolute Gasteiger partial charge is 0.182 e. The van der Waals surface area contributed by atoms with Gasteiger partial charge < -0.3 is 0 Å². The topological polar surface area (TPSA) is 30.7 Å². The van der Waals surface area contributed by atoms with Gasteiger partial charge in [-0.15, -0.1) is 0 Å². The Kier molecular flexibility index (Phi) is 2.09. The SMILES string of the molecule is FCn1ncc2c(Cl)nc(Cl)cc21. The fourth-order valence-corrected chi connectivity index (χ4v) is 1.57. The highest BCUT2D eigenvalue weighted by atomic mass is 35.5. The maximum atomic E-state index is 12.3. The predicted octanol–water partition coefficient (Wildman–Crippen LogP) is 2.67. The largest absolute Gasteiger partial charge is 0.234 e. The summed E-state index contributed by atoms with van der Waals surface area (Å²) < 4.78 is 13.5. The number of aromatic nitrogens is 3. The molecule has 0 bridgehead atoms. The van der Waals surface area contributed by atoms with Crippen molar-refractivity contribution in [2.75, 3.05) is 0 Å². The second-order valence-corrected chi connectivity index (χ2v) is 3.18. The Morgan fingerprint density at radius 1 is 1.46 bits per heavy atom. The van der Waals surface area contributed by atoms with E-state index in [2.05, 4.69) is 10.1 Å². The minimum Gasteiger partial charge on any atom is -0.234 e. The van der Waals surface area contributed by atoms with Gasteiger partial charge in [0, 0.05) is 6.07 Å². The van der Waals surface area contributed by atoms with E-state index >= 15 is 0 Å². The summed E-state index contributed by atoms with van der Waals surface area (Å²) in [5, 5.41) is 4.84. The van der Waals surface area contributed by atoms with E-state index in [0.717, 1.165) is 4.68 Å². The second-order valence-electron chi connectivity index (χ2n) is 2.43. The van der Waals surface area contributed by atoms with Crippen molar-refractivity contribution in [3.63, 3.8) is 0 Å². The van der Waals surface area contributed by atoms with Crippen LogP contribution in [-0.2, 0) is 6.80 Å². The number of halogens is 3. The van der Waals surface area contributed by atoms with E-state index in [1.54, 1.807) is 0 Å². The molecular formula is C7H4Cl2FN3. The van der Waals surface area contributed by atoms with Gasteiger partial charge in [-0.1, -0.05) is 23.2 Å². The highest BCUT2D eigenvalue weighted by molar-refractivity contribution is 6.36. The van der Waals surface area contributed by atoms with E-state index in [1.807, 2.05) is 0 Å². The van der Waals surface area contributed by atoms with Gasteiger partial charge in [-0.3, -0.25) is 0 Å². The Morgan fingerprint density at radius 2 is 2.23 bits per heavy atom. The maximum Gasteiger partial charge on any atom is 0.182 e.